The number of amides is 1. The van der Waals surface area contributed by atoms with Crippen LogP contribution < -0.4 is 16.2 Å². The van der Waals surface area contributed by atoms with Crippen LogP contribution in [0.25, 0.3) is 11.4 Å². The molecule has 9 heteroatoms. The summed E-state index contributed by atoms with van der Waals surface area (Å²) in [5.74, 6) is 2.95. The number of aromatic amines is 1. The predicted octanol–water partition coefficient (Wildman–Crippen LogP) is 1.03. The highest BCUT2D eigenvalue weighted by atomic mass is 16.3. The van der Waals surface area contributed by atoms with E-state index < -0.39 is 0 Å². The average Bonchev–Trinajstić information content (AvgIpc) is 3.43. The lowest BCUT2D eigenvalue weighted by Crippen LogP contribution is -2.43. The molecule has 1 aliphatic rings. The lowest BCUT2D eigenvalue weighted by molar-refractivity contribution is -0.122. The highest BCUT2D eigenvalue weighted by Crippen LogP contribution is 2.23. The summed E-state index contributed by atoms with van der Waals surface area (Å²) in [5, 5.41) is 10.0. The Morgan fingerprint density at radius 2 is 2.26 bits per heavy atom. The third kappa shape index (κ3) is 4.04. The number of carbonyl (C=O) groups excluding carboxylic acids is 1. The topological polar surface area (TPSA) is 121 Å². The summed E-state index contributed by atoms with van der Waals surface area (Å²) in [7, 11) is 0. The molecule has 1 saturated heterocycles. The van der Waals surface area contributed by atoms with Gasteiger partial charge in [0.15, 0.2) is 5.82 Å². The van der Waals surface area contributed by atoms with Crippen LogP contribution in [0.4, 0.5) is 0 Å². The van der Waals surface area contributed by atoms with Crippen molar-refractivity contribution in [2.24, 2.45) is 0 Å². The first kappa shape index (κ1) is 17.4. The van der Waals surface area contributed by atoms with E-state index in [1.807, 2.05) is 31.2 Å². The van der Waals surface area contributed by atoms with Crippen LogP contribution in [0.1, 0.15) is 29.8 Å². The number of nitrogens with one attached hydrogen (secondary N) is 4. The quantitative estimate of drug-likeness (QED) is 0.513. The van der Waals surface area contributed by atoms with Crippen LogP contribution in [0, 0.1) is 6.92 Å². The maximum absolute atomic E-state index is 12.3. The number of hydrogen-bond donors (Lipinski definition) is 4. The van der Waals surface area contributed by atoms with E-state index in [2.05, 4.69) is 36.3 Å². The summed E-state index contributed by atoms with van der Waals surface area (Å²) in [4.78, 5) is 20.8. The molecule has 0 aromatic carbocycles. The highest BCUT2D eigenvalue weighted by molar-refractivity contribution is 5.82. The molecule has 1 fully saturated rings. The lowest BCUT2D eigenvalue weighted by atomic mass is 10.1. The summed E-state index contributed by atoms with van der Waals surface area (Å²) in [5.41, 5.74) is 6.98. The zero-order chi connectivity index (χ0) is 18.6. The third-order valence-corrected chi connectivity index (χ3v) is 4.44. The van der Waals surface area contributed by atoms with Crippen LogP contribution >= 0.6 is 0 Å². The van der Waals surface area contributed by atoms with E-state index in [0.29, 0.717) is 25.2 Å². The second-order valence-corrected chi connectivity index (χ2v) is 6.47. The van der Waals surface area contributed by atoms with Crippen molar-refractivity contribution in [3.63, 3.8) is 0 Å². The van der Waals surface area contributed by atoms with E-state index in [4.69, 9.17) is 4.42 Å². The van der Waals surface area contributed by atoms with Crippen LogP contribution in [-0.2, 0) is 11.2 Å². The number of furan rings is 1. The van der Waals surface area contributed by atoms with Crippen LogP contribution in [0.3, 0.4) is 0 Å². The fourth-order valence-electron chi connectivity index (χ4n) is 3.01. The van der Waals surface area contributed by atoms with Gasteiger partial charge in [-0.05, 0) is 37.6 Å². The third-order valence-electron chi connectivity index (χ3n) is 4.44. The van der Waals surface area contributed by atoms with Gasteiger partial charge in [0.1, 0.15) is 23.4 Å². The van der Waals surface area contributed by atoms with Crippen molar-refractivity contribution in [2.75, 3.05) is 6.54 Å². The summed E-state index contributed by atoms with van der Waals surface area (Å²) in [6.07, 6.45) is 4.62. The Labute approximate surface area is 156 Å². The van der Waals surface area contributed by atoms with Gasteiger partial charge in [0, 0.05) is 30.9 Å². The number of H-pyrrole nitrogens is 1. The number of nitrogens with zero attached hydrogens (tertiary/aromatic N) is 3. The van der Waals surface area contributed by atoms with Gasteiger partial charge in [-0.3, -0.25) is 14.9 Å². The van der Waals surface area contributed by atoms with Crippen LogP contribution in [0.15, 0.2) is 41.1 Å². The second-order valence-electron chi connectivity index (χ2n) is 6.47. The molecule has 1 amide bonds. The largest absolute Gasteiger partial charge is 0.465 e. The van der Waals surface area contributed by atoms with Gasteiger partial charge in [0.25, 0.3) is 0 Å². The zero-order valence-corrected chi connectivity index (χ0v) is 14.9. The Balaban J connectivity index is 1.25. The normalized spacial score (nSPS) is 19.3. The number of pyridine rings is 1. The maximum atomic E-state index is 12.3. The minimum atomic E-state index is -0.305. The van der Waals surface area contributed by atoms with Crippen molar-refractivity contribution in [1.29, 1.82) is 0 Å². The molecule has 2 unspecified atom stereocenters. The molecule has 4 rings (SSSR count). The van der Waals surface area contributed by atoms with Gasteiger partial charge < -0.3 is 9.73 Å². The summed E-state index contributed by atoms with van der Waals surface area (Å²) in [6.45, 7) is 2.38. The summed E-state index contributed by atoms with van der Waals surface area (Å²) < 4.78 is 5.62. The molecular weight excluding hydrogens is 346 g/mol. The molecule has 4 heterocycles. The molecule has 0 spiro atoms. The van der Waals surface area contributed by atoms with Gasteiger partial charge in [0.2, 0.25) is 5.91 Å². The van der Waals surface area contributed by atoms with E-state index in [0.717, 1.165) is 22.9 Å². The second kappa shape index (κ2) is 7.68. The molecule has 4 N–H and O–H groups in total. The minimum Gasteiger partial charge on any atom is -0.465 e. The number of aryl methyl sites for hydroxylation is 1. The van der Waals surface area contributed by atoms with E-state index >= 15 is 0 Å². The molecule has 3 aromatic rings. The van der Waals surface area contributed by atoms with Crippen LogP contribution in [-0.4, -0.2) is 38.7 Å². The summed E-state index contributed by atoms with van der Waals surface area (Å²) in [6, 6.07) is 7.27. The first-order valence-electron chi connectivity index (χ1n) is 8.86. The fraction of sp³-hybridized carbons (Fsp3) is 0.333. The van der Waals surface area contributed by atoms with Crippen molar-refractivity contribution >= 4 is 5.91 Å². The summed E-state index contributed by atoms with van der Waals surface area (Å²) >= 11 is 0. The van der Waals surface area contributed by atoms with Crippen molar-refractivity contribution < 1.29 is 9.21 Å². The van der Waals surface area contributed by atoms with Crippen LogP contribution in [0.2, 0.25) is 0 Å². The standard InChI is InChI=1S/C18H21N7O2/c1-11-4-5-15(27-11)13-9-14(23-22-13)18(26)20-8-6-16-21-17(25-24-16)12-3-2-7-19-10-12/h2-5,7,10,13-14,22-23H,6,8-9H2,1H3,(H,20,26)(H,21,24,25). The number of carbonyl (C=O) groups is 1. The number of rotatable bonds is 6. The molecule has 0 aliphatic carbocycles. The molecule has 2 atom stereocenters. The van der Waals surface area contributed by atoms with Gasteiger partial charge in [-0.15, -0.1) is 0 Å². The molecule has 1 aliphatic heterocycles. The monoisotopic (exact) mass is 367 g/mol. The van der Waals surface area contributed by atoms with Crippen molar-refractivity contribution in [2.45, 2.75) is 31.8 Å². The van der Waals surface area contributed by atoms with E-state index in [9.17, 15) is 4.79 Å². The fourth-order valence-corrected chi connectivity index (χ4v) is 3.01. The average molecular weight is 367 g/mol. The van der Waals surface area contributed by atoms with Gasteiger partial charge in [-0.2, -0.15) is 5.10 Å². The Morgan fingerprint density at radius 1 is 1.33 bits per heavy atom. The first-order valence-corrected chi connectivity index (χ1v) is 8.86. The van der Waals surface area contributed by atoms with Crippen LogP contribution in [0.5, 0.6) is 0 Å². The smallest absolute Gasteiger partial charge is 0.238 e. The van der Waals surface area contributed by atoms with Crippen molar-refractivity contribution in [1.82, 2.24) is 36.3 Å². The lowest BCUT2D eigenvalue weighted by Gasteiger charge is -2.09. The van der Waals surface area contributed by atoms with Crippen molar-refractivity contribution in [3.8, 4) is 11.4 Å². The Kier molecular flexibility index (Phi) is 4.95. The predicted molar refractivity (Wildman–Crippen MR) is 97.2 cm³/mol. The molecule has 0 radical (unpaired) electrons. The van der Waals surface area contributed by atoms with E-state index in [1.165, 1.54) is 0 Å². The van der Waals surface area contributed by atoms with Gasteiger partial charge in [0.05, 0.1) is 6.04 Å². The van der Waals surface area contributed by atoms with Gasteiger partial charge in [-0.1, -0.05) is 0 Å². The highest BCUT2D eigenvalue weighted by Gasteiger charge is 2.31. The molecule has 140 valence electrons. The van der Waals surface area contributed by atoms with Gasteiger partial charge >= 0.3 is 0 Å². The molecule has 0 bridgehead atoms. The van der Waals surface area contributed by atoms with E-state index in [1.54, 1.807) is 12.4 Å². The number of hydrogen-bond acceptors (Lipinski definition) is 7. The maximum Gasteiger partial charge on any atom is 0.238 e. The SMILES string of the molecule is Cc1ccc(C2CC(C(=O)NCCc3nc(-c4cccnc4)n[nH]3)NN2)o1. The Bertz CT molecular complexity index is 905. The number of aromatic nitrogens is 4. The Hall–Kier alpha value is -3.04. The minimum absolute atomic E-state index is 0.00855. The van der Waals surface area contributed by atoms with Gasteiger partial charge in [-0.25, -0.2) is 15.8 Å². The molecule has 0 saturated carbocycles. The van der Waals surface area contributed by atoms with E-state index in [-0.39, 0.29) is 18.0 Å². The molecule has 27 heavy (non-hydrogen) atoms. The zero-order valence-electron chi connectivity index (χ0n) is 14.9. The molecule has 9 nitrogen and oxygen atoms in total. The molecule has 3 aromatic heterocycles. The molecular formula is C18H21N7O2. The Morgan fingerprint density at radius 3 is 3.04 bits per heavy atom. The van der Waals surface area contributed by atoms with Crippen molar-refractivity contribution in [3.05, 3.63) is 54.0 Å². The first-order chi connectivity index (χ1) is 13.2. The number of hydrazine groups is 1.